The molecule has 2 aromatic carbocycles. The molecule has 0 spiro atoms. The maximum Gasteiger partial charge on any atom is 0.243 e. The average Bonchev–Trinajstić information content (AvgIpc) is 2.61. The predicted octanol–water partition coefficient (Wildman–Crippen LogP) is 3.68. The van der Waals surface area contributed by atoms with Crippen molar-refractivity contribution in [2.45, 2.75) is 31.8 Å². The van der Waals surface area contributed by atoms with Crippen LogP contribution in [0.15, 0.2) is 48.5 Å². The summed E-state index contributed by atoms with van der Waals surface area (Å²) >= 11 is 1.55. The molecule has 0 aliphatic heterocycles. The summed E-state index contributed by atoms with van der Waals surface area (Å²) in [7, 11) is 0. The van der Waals surface area contributed by atoms with Gasteiger partial charge in [0.1, 0.15) is 0 Å². The fourth-order valence-corrected chi connectivity index (χ4v) is 3.25. The average molecular weight is 356 g/mol. The van der Waals surface area contributed by atoms with Crippen LogP contribution in [0.4, 0.5) is 5.69 Å². The minimum atomic E-state index is -0.217. The zero-order valence-electron chi connectivity index (χ0n) is 14.8. The number of benzene rings is 2. The number of anilines is 1. The van der Waals surface area contributed by atoms with Crippen LogP contribution in [0.3, 0.4) is 0 Å². The van der Waals surface area contributed by atoms with E-state index in [0.717, 1.165) is 22.6 Å². The molecular formula is C20H24N2O2S. The monoisotopic (exact) mass is 356 g/mol. The van der Waals surface area contributed by atoms with Gasteiger partial charge in [0.25, 0.3) is 0 Å². The van der Waals surface area contributed by atoms with Crippen molar-refractivity contribution >= 4 is 29.3 Å². The second-order valence-electron chi connectivity index (χ2n) is 5.97. The molecule has 0 bridgehead atoms. The van der Waals surface area contributed by atoms with Crippen molar-refractivity contribution in [3.8, 4) is 0 Å². The van der Waals surface area contributed by atoms with Gasteiger partial charge in [-0.15, -0.1) is 11.8 Å². The second-order valence-corrected chi connectivity index (χ2v) is 7.30. The van der Waals surface area contributed by atoms with Crippen LogP contribution in [-0.2, 0) is 15.3 Å². The first-order chi connectivity index (χ1) is 12.0. The van der Waals surface area contributed by atoms with Crippen molar-refractivity contribution in [1.29, 1.82) is 0 Å². The molecule has 0 heterocycles. The van der Waals surface area contributed by atoms with E-state index in [1.807, 2.05) is 69.3 Å². The summed E-state index contributed by atoms with van der Waals surface area (Å²) in [4.78, 5) is 24.2. The van der Waals surface area contributed by atoms with Gasteiger partial charge in [-0.05, 0) is 37.5 Å². The molecule has 4 nitrogen and oxygen atoms in total. The van der Waals surface area contributed by atoms with Gasteiger partial charge in [-0.2, -0.15) is 0 Å². The number of nitrogens with one attached hydrogen (secondary N) is 2. The number of carbonyl (C=O) groups is 2. The highest BCUT2D eigenvalue weighted by atomic mass is 32.2. The number of aryl methyl sites for hydroxylation is 2. The van der Waals surface area contributed by atoms with Gasteiger partial charge in [0.2, 0.25) is 11.8 Å². The summed E-state index contributed by atoms with van der Waals surface area (Å²) in [6, 6.07) is 15.9. The van der Waals surface area contributed by atoms with E-state index in [1.165, 1.54) is 5.56 Å². The SMILES string of the molecule is Cc1cccc(C)c1NC(=O)CNC(=O)C(C)SCc1ccccc1. The predicted molar refractivity (Wildman–Crippen MR) is 105 cm³/mol. The van der Waals surface area contributed by atoms with Crippen molar-refractivity contribution in [3.63, 3.8) is 0 Å². The Morgan fingerprint density at radius 2 is 1.64 bits per heavy atom. The first-order valence-corrected chi connectivity index (χ1v) is 9.31. The number of hydrogen-bond donors (Lipinski definition) is 2. The molecule has 2 rings (SSSR count). The van der Waals surface area contributed by atoms with Gasteiger partial charge in [-0.1, -0.05) is 48.5 Å². The van der Waals surface area contributed by atoms with Crippen molar-refractivity contribution in [3.05, 3.63) is 65.2 Å². The van der Waals surface area contributed by atoms with E-state index in [0.29, 0.717) is 0 Å². The maximum absolute atomic E-state index is 12.1. The molecule has 0 fully saturated rings. The summed E-state index contributed by atoms with van der Waals surface area (Å²) in [6.45, 7) is 5.72. The Hall–Kier alpha value is -2.27. The molecule has 2 N–H and O–H groups in total. The molecule has 1 atom stereocenters. The van der Waals surface area contributed by atoms with E-state index in [-0.39, 0.29) is 23.6 Å². The summed E-state index contributed by atoms with van der Waals surface area (Å²) in [5.74, 6) is 0.424. The largest absolute Gasteiger partial charge is 0.346 e. The van der Waals surface area contributed by atoms with E-state index in [4.69, 9.17) is 0 Å². The normalized spacial score (nSPS) is 11.6. The van der Waals surface area contributed by atoms with Crippen molar-refractivity contribution in [1.82, 2.24) is 5.32 Å². The fraction of sp³-hybridized carbons (Fsp3) is 0.300. The van der Waals surface area contributed by atoms with Gasteiger partial charge in [-0.25, -0.2) is 0 Å². The Balaban J connectivity index is 1.77. The lowest BCUT2D eigenvalue weighted by atomic mass is 10.1. The van der Waals surface area contributed by atoms with Crippen LogP contribution in [0.1, 0.15) is 23.6 Å². The summed E-state index contributed by atoms with van der Waals surface area (Å²) in [6.07, 6.45) is 0. The highest BCUT2D eigenvalue weighted by Gasteiger charge is 2.15. The lowest BCUT2D eigenvalue weighted by Gasteiger charge is -2.14. The summed E-state index contributed by atoms with van der Waals surface area (Å²) < 4.78 is 0. The molecule has 0 aliphatic carbocycles. The number of amides is 2. The van der Waals surface area contributed by atoms with Crippen LogP contribution in [-0.4, -0.2) is 23.6 Å². The third-order valence-corrected chi connectivity index (χ3v) is 5.09. The number of thioether (sulfide) groups is 1. The molecule has 0 aromatic heterocycles. The molecule has 132 valence electrons. The molecule has 0 saturated carbocycles. The van der Waals surface area contributed by atoms with E-state index >= 15 is 0 Å². The van der Waals surface area contributed by atoms with Crippen LogP contribution in [0.5, 0.6) is 0 Å². The van der Waals surface area contributed by atoms with Gasteiger partial charge in [0.15, 0.2) is 0 Å². The number of hydrogen-bond acceptors (Lipinski definition) is 3. The zero-order chi connectivity index (χ0) is 18.2. The van der Waals surface area contributed by atoms with E-state index < -0.39 is 0 Å². The first kappa shape index (κ1) is 19.1. The van der Waals surface area contributed by atoms with Crippen LogP contribution in [0.25, 0.3) is 0 Å². The first-order valence-electron chi connectivity index (χ1n) is 8.26. The minimum absolute atomic E-state index is 0.0250. The van der Waals surface area contributed by atoms with Crippen molar-refractivity contribution in [2.24, 2.45) is 0 Å². The Kier molecular flexibility index (Phi) is 7.07. The van der Waals surface area contributed by atoms with Gasteiger partial charge in [0.05, 0.1) is 11.8 Å². The summed E-state index contributed by atoms with van der Waals surface area (Å²) in [5.41, 5.74) is 4.01. The van der Waals surface area contributed by atoms with Crippen molar-refractivity contribution < 1.29 is 9.59 Å². The molecule has 2 aromatic rings. The van der Waals surface area contributed by atoms with E-state index in [1.54, 1.807) is 11.8 Å². The second kappa shape index (κ2) is 9.28. The lowest BCUT2D eigenvalue weighted by molar-refractivity contribution is -0.123. The van der Waals surface area contributed by atoms with E-state index in [9.17, 15) is 9.59 Å². The minimum Gasteiger partial charge on any atom is -0.346 e. The Morgan fingerprint density at radius 1 is 1.00 bits per heavy atom. The number of rotatable bonds is 7. The standard InChI is InChI=1S/C20H24N2O2S/c1-14-8-7-9-15(2)19(14)22-18(23)12-21-20(24)16(3)25-13-17-10-5-4-6-11-17/h4-11,16H,12-13H2,1-3H3,(H,21,24)(H,22,23). The van der Waals surface area contributed by atoms with Crippen LogP contribution >= 0.6 is 11.8 Å². The Morgan fingerprint density at radius 3 is 2.28 bits per heavy atom. The van der Waals surface area contributed by atoms with Crippen LogP contribution in [0.2, 0.25) is 0 Å². The summed E-state index contributed by atoms with van der Waals surface area (Å²) in [5, 5.41) is 5.36. The van der Waals surface area contributed by atoms with Gasteiger partial charge < -0.3 is 10.6 Å². The topological polar surface area (TPSA) is 58.2 Å². The molecule has 0 radical (unpaired) electrons. The zero-order valence-corrected chi connectivity index (χ0v) is 15.7. The van der Waals surface area contributed by atoms with Crippen LogP contribution in [0, 0.1) is 13.8 Å². The Bertz CT molecular complexity index is 711. The lowest BCUT2D eigenvalue weighted by Crippen LogP contribution is -2.37. The van der Waals surface area contributed by atoms with Crippen molar-refractivity contribution in [2.75, 3.05) is 11.9 Å². The smallest absolute Gasteiger partial charge is 0.243 e. The number of para-hydroxylation sites is 1. The molecular weight excluding hydrogens is 332 g/mol. The van der Waals surface area contributed by atoms with Gasteiger partial charge in [0, 0.05) is 11.4 Å². The van der Waals surface area contributed by atoms with E-state index in [2.05, 4.69) is 10.6 Å². The molecule has 1 unspecified atom stereocenters. The molecule has 25 heavy (non-hydrogen) atoms. The highest BCUT2D eigenvalue weighted by molar-refractivity contribution is 7.99. The van der Waals surface area contributed by atoms with Crippen LogP contribution < -0.4 is 10.6 Å². The molecule has 0 aliphatic rings. The number of carbonyl (C=O) groups excluding carboxylic acids is 2. The third-order valence-electron chi connectivity index (χ3n) is 3.88. The quantitative estimate of drug-likeness (QED) is 0.796. The highest BCUT2D eigenvalue weighted by Crippen LogP contribution is 2.19. The maximum atomic E-state index is 12.1. The molecule has 2 amide bonds. The fourth-order valence-electron chi connectivity index (χ4n) is 2.38. The van der Waals surface area contributed by atoms with Gasteiger partial charge >= 0.3 is 0 Å². The Labute approximate surface area is 153 Å². The molecule has 5 heteroatoms. The third kappa shape index (κ3) is 5.94. The van der Waals surface area contributed by atoms with Gasteiger partial charge in [-0.3, -0.25) is 9.59 Å². The molecule has 0 saturated heterocycles.